The molecular formula is C20H25N5O2. The molecule has 0 saturated heterocycles. The monoisotopic (exact) mass is 367 g/mol. The van der Waals surface area contributed by atoms with Gasteiger partial charge in [-0.25, -0.2) is 9.36 Å². The summed E-state index contributed by atoms with van der Waals surface area (Å²) >= 11 is 0. The Hall–Kier alpha value is -2.96. The van der Waals surface area contributed by atoms with Gasteiger partial charge in [0.2, 0.25) is 5.91 Å². The van der Waals surface area contributed by atoms with Crippen LogP contribution in [0.4, 0.5) is 0 Å². The molecule has 0 unspecified atom stereocenters. The third-order valence-electron chi connectivity index (χ3n) is 4.85. The number of likely N-dealkylation sites (N-methyl/N-ethyl adjacent to an activating group) is 1. The van der Waals surface area contributed by atoms with Gasteiger partial charge in [0.1, 0.15) is 12.1 Å². The first-order chi connectivity index (χ1) is 12.9. The molecule has 0 saturated carbocycles. The largest absolute Gasteiger partial charge is 0.342 e. The van der Waals surface area contributed by atoms with Crippen LogP contribution >= 0.6 is 0 Å². The van der Waals surface area contributed by atoms with Crippen molar-refractivity contribution in [3.05, 3.63) is 51.6 Å². The van der Waals surface area contributed by atoms with Crippen molar-refractivity contribution in [2.24, 2.45) is 0 Å². The summed E-state index contributed by atoms with van der Waals surface area (Å²) in [5.41, 5.74) is 3.83. The van der Waals surface area contributed by atoms with Gasteiger partial charge < -0.3 is 4.90 Å². The van der Waals surface area contributed by atoms with Crippen molar-refractivity contribution in [1.29, 1.82) is 0 Å². The fourth-order valence-corrected chi connectivity index (χ4v) is 3.36. The van der Waals surface area contributed by atoms with Gasteiger partial charge in [-0.15, -0.1) is 0 Å². The molecule has 0 atom stereocenters. The molecule has 2 heterocycles. The minimum Gasteiger partial charge on any atom is -0.342 e. The molecule has 0 radical (unpaired) electrons. The maximum atomic E-state index is 13.1. The Morgan fingerprint density at radius 2 is 1.85 bits per heavy atom. The van der Waals surface area contributed by atoms with E-state index in [1.54, 1.807) is 15.8 Å². The summed E-state index contributed by atoms with van der Waals surface area (Å²) in [6.45, 7) is 10.8. The normalized spacial score (nSPS) is 11.1. The molecule has 0 aliphatic heterocycles. The SMILES string of the molecule is CCN(CC)C(=O)Cn1nc(C)c2cnn(-c3ccc(C)cc3C)c2c1=O. The van der Waals surface area contributed by atoms with Crippen LogP contribution in [0.5, 0.6) is 0 Å². The number of carbonyl (C=O) groups is 1. The predicted molar refractivity (Wildman–Crippen MR) is 105 cm³/mol. The Balaban J connectivity index is 2.16. The number of nitrogens with zero attached hydrogens (tertiary/aromatic N) is 5. The van der Waals surface area contributed by atoms with Gasteiger partial charge in [-0.2, -0.15) is 10.2 Å². The van der Waals surface area contributed by atoms with E-state index >= 15 is 0 Å². The van der Waals surface area contributed by atoms with Crippen LogP contribution < -0.4 is 5.56 Å². The van der Waals surface area contributed by atoms with Gasteiger partial charge in [0.05, 0.1) is 17.6 Å². The second kappa shape index (κ2) is 7.34. The van der Waals surface area contributed by atoms with E-state index in [1.165, 1.54) is 4.68 Å². The van der Waals surface area contributed by atoms with Gasteiger partial charge in [-0.1, -0.05) is 17.7 Å². The molecule has 1 aromatic carbocycles. The summed E-state index contributed by atoms with van der Waals surface area (Å²) in [6, 6.07) is 6.00. The van der Waals surface area contributed by atoms with E-state index in [9.17, 15) is 9.59 Å². The zero-order valence-electron chi connectivity index (χ0n) is 16.5. The van der Waals surface area contributed by atoms with E-state index in [1.807, 2.05) is 46.8 Å². The van der Waals surface area contributed by atoms with Gasteiger partial charge in [0, 0.05) is 18.5 Å². The summed E-state index contributed by atoms with van der Waals surface area (Å²) in [6.07, 6.45) is 1.66. The topological polar surface area (TPSA) is 73.0 Å². The third-order valence-corrected chi connectivity index (χ3v) is 4.85. The maximum Gasteiger partial charge on any atom is 0.293 e. The minimum atomic E-state index is -0.311. The summed E-state index contributed by atoms with van der Waals surface area (Å²) < 4.78 is 2.90. The Labute approximate surface area is 158 Å². The molecule has 0 N–H and O–H groups in total. The Kier molecular flexibility index (Phi) is 5.12. The van der Waals surface area contributed by atoms with Crippen molar-refractivity contribution < 1.29 is 4.79 Å². The highest BCUT2D eigenvalue weighted by Crippen LogP contribution is 2.20. The Morgan fingerprint density at radius 3 is 2.48 bits per heavy atom. The lowest BCUT2D eigenvalue weighted by atomic mass is 10.1. The molecule has 3 rings (SSSR count). The third kappa shape index (κ3) is 3.37. The van der Waals surface area contributed by atoms with Crippen LogP contribution in [0.1, 0.15) is 30.7 Å². The number of hydrogen-bond acceptors (Lipinski definition) is 4. The van der Waals surface area contributed by atoms with Gasteiger partial charge in [0.25, 0.3) is 5.56 Å². The number of benzene rings is 1. The number of aryl methyl sites for hydroxylation is 3. The summed E-state index contributed by atoms with van der Waals surface area (Å²) in [4.78, 5) is 27.3. The zero-order chi connectivity index (χ0) is 19.7. The lowest BCUT2D eigenvalue weighted by molar-refractivity contribution is -0.131. The Bertz CT molecular complexity index is 1060. The van der Waals surface area contributed by atoms with Crippen LogP contribution in [0, 0.1) is 20.8 Å². The summed E-state index contributed by atoms with van der Waals surface area (Å²) in [5.74, 6) is -0.120. The van der Waals surface area contributed by atoms with E-state index in [-0.39, 0.29) is 18.0 Å². The molecule has 2 aromatic heterocycles. The van der Waals surface area contributed by atoms with Crippen molar-refractivity contribution in [2.75, 3.05) is 13.1 Å². The molecule has 0 bridgehead atoms. The van der Waals surface area contributed by atoms with Gasteiger partial charge >= 0.3 is 0 Å². The molecule has 27 heavy (non-hydrogen) atoms. The minimum absolute atomic E-state index is 0.0741. The molecule has 0 spiro atoms. The fourth-order valence-electron chi connectivity index (χ4n) is 3.36. The quantitative estimate of drug-likeness (QED) is 0.694. The van der Waals surface area contributed by atoms with Crippen molar-refractivity contribution in [3.8, 4) is 5.69 Å². The number of fused-ring (bicyclic) bond motifs is 1. The summed E-state index contributed by atoms with van der Waals surface area (Å²) in [7, 11) is 0. The van der Waals surface area contributed by atoms with E-state index in [0.29, 0.717) is 29.7 Å². The molecule has 3 aromatic rings. The van der Waals surface area contributed by atoms with E-state index in [4.69, 9.17) is 0 Å². The van der Waals surface area contributed by atoms with Crippen molar-refractivity contribution >= 4 is 16.8 Å². The summed E-state index contributed by atoms with van der Waals surface area (Å²) in [5, 5.41) is 9.47. The standard InChI is InChI=1S/C20H25N5O2/c1-6-23(7-2)18(26)12-24-20(27)19-16(15(5)22-24)11-21-25(19)17-9-8-13(3)10-14(17)4/h8-11H,6-7,12H2,1-5H3. The average Bonchev–Trinajstić information content (AvgIpc) is 3.06. The van der Waals surface area contributed by atoms with Crippen LogP contribution in [0.3, 0.4) is 0 Å². The number of carbonyl (C=O) groups excluding carboxylic acids is 1. The second-order valence-electron chi connectivity index (χ2n) is 6.72. The first-order valence-electron chi connectivity index (χ1n) is 9.18. The smallest absolute Gasteiger partial charge is 0.293 e. The van der Waals surface area contributed by atoms with Crippen molar-refractivity contribution in [3.63, 3.8) is 0 Å². The molecule has 1 amide bonds. The fraction of sp³-hybridized carbons (Fsp3) is 0.400. The number of amides is 1. The molecule has 7 nitrogen and oxygen atoms in total. The first kappa shape index (κ1) is 18.8. The van der Waals surface area contributed by atoms with Crippen LogP contribution in [-0.2, 0) is 11.3 Å². The van der Waals surface area contributed by atoms with Gasteiger partial charge in [-0.05, 0) is 46.2 Å². The maximum absolute atomic E-state index is 13.1. The second-order valence-corrected chi connectivity index (χ2v) is 6.72. The van der Waals surface area contributed by atoms with Crippen molar-refractivity contribution in [2.45, 2.75) is 41.2 Å². The predicted octanol–water partition coefficient (Wildman–Crippen LogP) is 2.38. The highest BCUT2D eigenvalue weighted by atomic mass is 16.2. The first-order valence-corrected chi connectivity index (χ1v) is 9.18. The average molecular weight is 367 g/mol. The van der Waals surface area contributed by atoms with E-state index in [0.717, 1.165) is 16.8 Å². The molecule has 0 aliphatic carbocycles. The molecular weight excluding hydrogens is 342 g/mol. The van der Waals surface area contributed by atoms with Crippen molar-refractivity contribution in [1.82, 2.24) is 24.5 Å². The van der Waals surface area contributed by atoms with E-state index < -0.39 is 0 Å². The van der Waals surface area contributed by atoms with Crippen LogP contribution in [0.25, 0.3) is 16.6 Å². The zero-order valence-corrected chi connectivity index (χ0v) is 16.5. The number of hydrogen-bond donors (Lipinski definition) is 0. The van der Waals surface area contributed by atoms with Crippen LogP contribution in [0.15, 0.2) is 29.2 Å². The van der Waals surface area contributed by atoms with Crippen LogP contribution in [-0.4, -0.2) is 43.5 Å². The number of aromatic nitrogens is 4. The highest BCUT2D eigenvalue weighted by Gasteiger charge is 2.18. The van der Waals surface area contributed by atoms with Crippen LogP contribution in [0.2, 0.25) is 0 Å². The lowest BCUT2D eigenvalue weighted by Crippen LogP contribution is -2.37. The molecule has 0 aliphatic rings. The number of rotatable bonds is 5. The van der Waals surface area contributed by atoms with E-state index in [2.05, 4.69) is 16.3 Å². The highest BCUT2D eigenvalue weighted by molar-refractivity contribution is 5.82. The molecule has 7 heteroatoms. The molecule has 0 fully saturated rings. The molecule has 142 valence electrons. The van der Waals surface area contributed by atoms with Gasteiger partial charge in [-0.3, -0.25) is 9.59 Å². The van der Waals surface area contributed by atoms with Gasteiger partial charge in [0.15, 0.2) is 0 Å². The lowest BCUT2D eigenvalue weighted by Gasteiger charge is -2.19. The Morgan fingerprint density at radius 1 is 1.15 bits per heavy atom.